The van der Waals surface area contributed by atoms with Gasteiger partial charge in [0.25, 0.3) is 0 Å². The van der Waals surface area contributed by atoms with E-state index in [4.69, 9.17) is 0 Å². The Hall–Kier alpha value is -2.41. The number of likely N-dealkylation sites (tertiary alicyclic amines) is 1. The molecular weight excluding hydrogens is 292 g/mol. The minimum Gasteiger partial charge on any atom is -0.341 e. The summed E-state index contributed by atoms with van der Waals surface area (Å²) >= 11 is 0. The van der Waals surface area contributed by atoms with Crippen molar-refractivity contribution in [2.45, 2.75) is 25.6 Å². The predicted molar refractivity (Wildman–Crippen MR) is 86.7 cm³/mol. The molecular formula is C16H22N6O. The van der Waals surface area contributed by atoms with E-state index in [1.807, 2.05) is 16.9 Å². The maximum Gasteiger partial charge on any atom is 0.314 e. The van der Waals surface area contributed by atoms with E-state index < -0.39 is 0 Å². The Morgan fingerprint density at radius 1 is 1.35 bits per heavy atom. The summed E-state index contributed by atoms with van der Waals surface area (Å²) in [6, 6.07) is 10.6. The maximum atomic E-state index is 11.2. The van der Waals surface area contributed by atoms with Crippen LogP contribution in [-0.2, 0) is 13.1 Å². The Labute approximate surface area is 135 Å². The minimum atomic E-state index is -0.213. The molecule has 2 heterocycles. The third kappa shape index (κ3) is 4.07. The van der Waals surface area contributed by atoms with Gasteiger partial charge in [-0.3, -0.25) is 4.90 Å². The van der Waals surface area contributed by atoms with Gasteiger partial charge in [-0.05, 0) is 12.0 Å². The number of hydrogen-bond donors (Lipinski definition) is 2. The van der Waals surface area contributed by atoms with Crippen LogP contribution in [0.3, 0.4) is 0 Å². The summed E-state index contributed by atoms with van der Waals surface area (Å²) in [7, 11) is 1.59. The highest BCUT2D eigenvalue weighted by Gasteiger charge is 2.24. The van der Waals surface area contributed by atoms with Crippen LogP contribution in [0.4, 0.5) is 4.79 Å². The molecule has 7 heteroatoms. The second-order valence-electron chi connectivity index (χ2n) is 5.79. The summed E-state index contributed by atoms with van der Waals surface area (Å²) in [6.07, 6.45) is 2.99. The SMILES string of the molecule is CNC(=O)NCc1cn(C2CCN(Cc3ccccc3)C2)nn1. The lowest BCUT2D eigenvalue weighted by Gasteiger charge is -2.15. The normalized spacial score (nSPS) is 18.0. The van der Waals surface area contributed by atoms with E-state index in [9.17, 15) is 4.79 Å². The first-order valence-electron chi connectivity index (χ1n) is 7.87. The van der Waals surface area contributed by atoms with Crippen LogP contribution in [0.15, 0.2) is 36.5 Å². The highest BCUT2D eigenvalue weighted by atomic mass is 16.2. The standard InChI is InChI=1S/C16H22N6O/c1-17-16(23)18-9-14-11-22(20-19-14)15-7-8-21(12-15)10-13-5-3-2-4-6-13/h2-6,11,15H,7-10,12H2,1H3,(H2,17,18,23). The topological polar surface area (TPSA) is 75.1 Å². The van der Waals surface area contributed by atoms with Gasteiger partial charge >= 0.3 is 6.03 Å². The maximum absolute atomic E-state index is 11.2. The van der Waals surface area contributed by atoms with Crippen molar-refractivity contribution in [3.63, 3.8) is 0 Å². The average Bonchev–Trinajstić information content (AvgIpc) is 3.22. The number of urea groups is 1. The Morgan fingerprint density at radius 2 is 2.17 bits per heavy atom. The lowest BCUT2D eigenvalue weighted by Crippen LogP contribution is -2.32. The lowest BCUT2D eigenvalue weighted by molar-refractivity contribution is 0.242. The monoisotopic (exact) mass is 314 g/mol. The van der Waals surface area contributed by atoms with E-state index in [0.717, 1.165) is 31.7 Å². The molecule has 2 aromatic rings. The summed E-state index contributed by atoms with van der Waals surface area (Å²) in [4.78, 5) is 13.6. The van der Waals surface area contributed by atoms with Gasteiger partial charge in [0.2, 0.25) is 0 Å². The van der Waals surface area contributed by atoms with Crippen LogP contribution in [0.25, 0.3) is 0 Å². The first kappa shape index (κ1) is 15.5. The van der Waals surface area contributed by atoms with Crippen molar-refractivity contribution < 1.29 is 4.79 Å². The molecule has 2 N–H and O–H groups in total. The molecule has 3 rings (SSSR count). The zero-order chi connectivity index (χ0) is 16.1. The summed E-state index contributed by atoms with van der Waals surface area (Å²) in [5, 5.41) is 13.6. The van der Waals surface area contributed by atoms with Crippen LogP contribution in [0, 0.1) is 0 Å². The largest absolute Gasteiger partial charge is 0.341 e. The zero-order valence-electron chi connectivity index (χ0n) is 13.3. The molecule has 7 nitrogen and oxygen atoms in total. The molecule has 1 fully saturated rings. The summed E-state index contributed by atoms with van der Waals surface area (Å²) in [5.41, 5.74) is 2.11. The van der Waals surface area contributed by atoms with E-state index in [2.05, 4.69) is 50.1 Å². The molecule has 0 spiro atoms. The van der Waals surface area contributed by atoms with Gasteiger partial charge in [0.05, 0.1) is 18.8 Å². The van der Waals surface area contributed by atoms with Crippen molar-refractivity contribution >= 4 is 6.03 Å². The fraction of sp³-hybridized carbons (Fsp3) is 0.438. The van der Waals surface area contributed by atoms with E-state index in [-0.39, 0.29) is 6.03 Å². The van der Waals surface area contributed by atoms with Crippen LogP contribution in [0.5, 0.6) is 0 Å². The van der Waals surface area contributed by atoms with Crippen molar-refractivity contribution in [2.75, 3.05) is 20.1 Å². The van der Waals surface area contributed by atoms with Crippen LogP contribution < -0.4 is 10.6 Å². The number of hydrogen-bond acceptors (Lipinski definition) is 4. The van der Waals surface area contributed by atoms with E-state index in [1.54, 1.807) is 7.05 Å². The Morgan fingerprint density at radius 3 is 2.96 bits per heavy atom. The molecule has 1 saturated heterocycles. The fourth-order valence-corrected chi connectivity index (χ4v) is 2.85. The average molecular weight is 314 g/mol. The van der Waals surface area contributed by atoms with Gasteiger partial charge in [-0.25, -0.2) is 9.48 Å². The molecule has 0 bridgehead atoms. The van der Waals surface area contributed by atoms with Crippen molar-refractivity contribution in [1.82, 2.24) is 30.5 Å². The van der Waals surface area contributed by atoms with E-state index in [1.165, 1.54) is 5.56 Å². The fourth-order valence-electron chi connectivity index (χ4n) is 2.85. The molecule has 23 heavy (non-hydrogen) atoms. The van der Waals surface area contributed by atoms with Crippen molar-refractivity contribution in [3.8, 4) is 0 Å². The second kappa shape index (κ2) is 7.23. The molecule has 1 aromatic carbocycles. The quantitative estimate of drug-likeness (QED) is 0.868. The number of nitrogens with one attached hydrogen (secondary N) is 2. The Kier molecular flexibility index (Phi) is 4.87. The molecule has 1 atom stereocenters. The Bertz CT molecular complexity index is 641. The molecule has 0 saturated carbocycles. The van der Waals surface area contributed by atoms with Gasteiger partial charge in [-0.15, -0.1) is 5.10 Å². The molecule has 0 radical (unpaired) electrons. The number of carbonyl (C=O) groups excluding carboxylic acids is 1. The number of carbonyl (C=O) groups is 1. The summed E-state index contributed by atoms with van der Waals surface area (Å²) in [6.45, 7) is 3.39. The van der Waals surface area contributed by atoms with Crippen molar-refractivity contribution in [2.24, 2.45) is 0 Å². The highest BCUT2D eigenvalue weighted by molar-refractivity contribution is 5.73. The third-order valence-corrected chi connectivity index (χ3v) is 4.09. The third-order valence-electron chi connectivity index (χ3n) is 4.09. The van der Waals surface area contributed by atoms with Crippen LogP contribution >= 0.6 is 0 Å². The predicted octanol–water partition coefficient (Wildman–Crippen LogP) is 1.15. The molecule has 1 aliphatic heterocycles. The van der Waals surface area contributed by atoms with E-state index in [0.29, 0.717) is 12.6 Å². The number of aromatic nitrogens is 3. The van der Waals surface area contributed by atoms with Crippen LogP contribution in [0.2, 0.25) is 0 Å². The van der Waals surface area contributed by atoms with Crippen LogP contribution in [-0.4, -0.2) is 46.1 Å². The Balaban J connectivity index is 1.53. The highest BCUT2D eigenvalue weighted by Crippen LogP contribution is 2.22. The van der Waals surface area contributed by atoms with Crippen molar-refractivity contribution in [3.05, 3.63) is 47.8 Å². The molecule has 122 valence electrons. The molecule has 0 aliphatic carbocycles. The van der Waals surface area contributed by atoms with Gasteiger partial charge in [-0.1, -0.05) is 35.5 Å². The number of amides is 2. The molecule has 1 unspecified atom stereocenters. The zero-order valence-corrected chi connectivity index (χ0v) is 13.3. The molecule has 1 aromatic heterocycles. The van der Waals surface area contributed by atoms with Gasteiger partial charge in [-0.2, -0.15) is 0 Å². The van der Waals surface area contributed by atoms with Gasteiger partial charge < -0.3 is 10.6 Å². The summed E-state index contributed by atoms with van der Waals surface area (Å²) < 4.78 is 1.92. The lowest BCUT2D eigenvalue weighted by atomic mass is 10.2. The van der Waals surface area contributed by atoms with Crippen molar-refractivity contribution in [1.29, 1.82) is 0 Å². The first-order chi connectivity index (χ1) is 11.2. The molecule has 1 aliphatic rings. The number of benzene rings is 1. The van der Waals surface area contributed by atoms with Crippen LogP contribution in [0.1, 0.15) is 23.7 Å². The summed E-state index contributed by atoms with van der Waals surface area (Å²) in [5.74, 6) is 0. The first-order valence-corrected chi connectivity index (χ1v) is 7.87. The smallest absolute Gasteiger partial charge is 0.314 e. The van der Waals surface area contributed by atoms with Gasteiger partial charge in [0.1, 0.15) is 5.69 Å². The van der Waals surface area contributed by atoms with E-state index >= 15 is 0 Å². The second-order valence-corrected chi connectivity index (χ2v) is 5.79. The minimum absolute atomic E-state index is 0.213. The number of rotatable bonds is 5. The van der Waals surface area contributed by atoms with Gasteiger partial charge in [0, 0.05) is 26.7 Å². The molecule has 2 amide bonds. The van der Waals surface area contributed by atoms with Gasteiger partial charge in [0.15, 0.2) is 0 Å². The number of nitrogens with zero attached hydrogens (tertiary/aromatic N) is 4.